The van der Waals surface area contributed by atoms with Crippen LogP contribution >= 0.6 is 22.9 Å². The minimum Gasteiger partial charge on any atom is -0.248 e. The summed E-state index contributed by atoms with van der Waals surface area (Å²) in [7, 11) is -3.53. The topological polar surface area (TPSA) is 76.9 Å². The number of halogens is 1. The molecule has 0 amide bonds. The Labute approximate surface area is 132 Å². The molecular weight excluding hydrogens is 332 g/mol. The van der Waals surface area contributed by atoms with E-state index >= 15 is 0 Å². The van der Waals surface area contributed by atoms with Gasteiger partial charge in [-0.25, -0.2) is 22.8 Å². The molecule has 0 saturated heterocycles. The molecular formula is C12H15ClN4O2S2. The second-order valence-corrected chi connectivity index (χ2v) is 8.73. The van der Waals surface area contributed by atoms with Crippen molar-refractivity contribution < 1.29 is 8.42 Å². The third kappa shape index (κ3) is 2.98. The Balaban J connectivity index is 1.78. The summed E-state index contributed by atoms with van der Waals surface area (Å²) in [6.07, 6.45) is 1.44. The number of fused-ring (bicyclic) bond motifs is 1. The number of nitrogens with zero attached hydrogens (tertiary/aromatic N) is 3. The zero-order valence-electron chi connectivity index (χ0n) is 11.6. The largest absolute Gasteiger partial charge is 0.250 e. The molecule has 0 aliphatic carbocycles. The van der Waals surface area contributed by atoms with E-state index < -0.39 is 10.0 Å². The standard InChI is InChI=1S/C12H15ClN4O2S2/c1-7-5-11(20-12(7)13)21(18,19)16-9-3-4-10-14-8(2)15-17(10)6-9/h5,9,16H,3-4,6H2,1-2H3/t9-/m0/s1. The Morgan fingerprint density at radius 1 is 1.48 bits per heavy atom. The predicted molar refractivity (Wildman–Crippen MR) is 81.3 cm³/mol. The van der Waals surface area contributed by atoms with E-state index in [4.69, 9.17) is 11.6 Å². The van der Waals surface area contributed by atoms with Gasteiger partial charge in [0, 0.05) is 12.5 Å². The van der Waals surface area contributed by atoms with Crippen LogP contribution in [-0.4, -0.2) is 29.2 Å². The van der Waals surface area contributed by atoms with Gasteiger partial charge < -0.3 is 0 Å². The maximum absolute atomic E-state index is 12.4. The van der Waals surface area contributed by atoms with Crippen molar-refractivity contribution in [3.63, 3.8) is 0 Å². The van der Waals surface area contributed by atoms with Crippen LogP contribution in [0.4, 0.5) is 0 Å². The molecule has 0 spiro atoms. The lowest BCUT2D eigenvalue weighted by molar-refractivity contribution is 0.395. The van der Waals surface area contributed by atoms with E-state index in [0.29, 0.717) is 16.7 Å². The highest BCUT2D eigenvalue weighted by Gasteiger charge is 2.27. The minimum absolute atomic E-state index is 0.176. The number of nitrogens with one attached hydrogen (secondary N) is 1. The first-order valence-electron chi connectivity index (χ1n) is 6.54. The van der Waals surface area contributed by atoms with Crippen molar-refractivity contribution in [2.75, 3.05) is 0 Å². The first-order chi connectivity index (χ1) is 9.85. The molecule has 1 aliphatic heterocycles. The number of sulfonamides is 1. The van der Waals surface area contributed by atoms with Gasteiger partial charge in [0.15, 0.2) is 0 Å². The van der Waals surface area contributed by atoms with Crippen molar-refractivity contribution in [1.82, 2.24) is 19.5 Å². The fourth-order valence-electron chi connectivity index (χ4n) is 2.37. The Hall–Kier alpha value is -0.960. The monoisotopic (exact) mass is 346 g/mol. The van der Waals surface area contributed by atoms with Crippen LogP contribution < -0.4 is 4.72 Å². The van der Waals surface area contributed by atoms with Crippen LogP contribution in [0.5, 0.6) is 0 Å². The quantitative estimate of drug-likeness (QED) is 0.920. The van der Waals surface area contributed by atoms with Crippen molar-refractivity contribution >= 4 is 33.0 Å². The van der Waals surface area contributed by atoms with Gasteiger partial charge in [0.2, 0.25) is 10.0 Å². The SMILES string of the molecule is Cc1nc2n(n1)C[C@@H](NS(=O)(=O)c1cc(C)c(Cl)s1)CC2. The summed E-state index contributed by atoms with van der Waals surface area (Å²) < 4.78 is 30.0. The Bertz CT molecular complexity index is 762. The van der Waals surface area contributed by atoms with Gasteiger partial charge in [-0.3, -0.25) is 0 Å². The van der Waals surface area contributed by atoms with Crippen molar-refractivity contribution in [3.8, 4) is 0 Å². The highest BCUT2D eigenvalue weighted by Crippen LogP contribution is 2.30. The van der Waals surface area contributed by atoms with Gasteiger partial charge in [-0.1, -0.05) is 11.6 Å². The summed E-state index contributed by atoms with van der Waals surface area (Å²) in [5, 5.41) is 4.27. The van der Waals surface area contributed by atoms with E-state index in [-0.39, 0.29) is 10.3 Å². The number of aryl methyl sites for hydroxylation is 3. The number of hydrogen-bond donors (Lipinski definition) is 1. The van der Waals surface area contributed by atoms with E-state index in [0.717, 1.165) is 35.6 Å². The van der Waals surface area contributed by atoms with Gasteiger partial charge in [0.25, 0.3) is 0 Å². The van der Waals surface area contributed by atoms with E-state index in [1.165, 1.54) is 0 Å². The molecule has 1 aliphatic rings. The highest BCUT2D eigenvalue weighted by atomic mass is 35.5. The summed E-state index contributed by atoms with van der Waals surface area (Å²) in [6, 6.07) is 1.42. The smallest absolute Gasteiger partial charge is 0.248 e. The van der Waals surface area contributed by atoms with E-state index in [9.17, 15) is 8.42 Å². The molecule has 0 aromatic carbocycles. The van der Waals surface area contributed by atoms with Gasteiger partial charge in [0.1, 0.15) is 15.9 Å². The molecule has 0 fully saturated rings. The first-order valence-corrected chi connectivity index (χ1v) is 9.21. The molecule has 2 aromatic rings. The normalized spacial score (nSPS) is 18.7. The van der Waals surface area contributed by atoms with E-state index in [2.05, 4.69) is 14.8 Å². The van der Waals surface area contributed by atoms with Crippen molar-refractivity contribution in [2.24, 2.45) is 0 Å². The molecule has 6 nitrogen and oxygen atoms in total. The third-order valence-electron chi connectivity index (χ3n) is 3.39. The molecule has 0 radical (unpaired) electrons. The van der Waals surface area contributed by atoms with Crippen molar-refractivity contribution in [3.05, 3.63) is 27.6 Å². The predicted octanol–water partition coefficient (Wildman–Crippen LogP) is 1.90. The second kappa shape index (κ2) is 5.35. The second-order valence-electron chi connectivity index (χ2n) is 5.14. The number of hydrogen-bond acceptors (Lipinski definition) is 5. The molecule has 3 rings (SSSR count). The average molecular weight is 347 g/mol. The average Bonchev–Trinajstić information content (AvgIpc) is 2.91. The van der Waals surface area contributed by atoms with Gasteiger partial charge in [-0.05, 0) is 31.9 Å². The number of thiophene rings is 1. The summed E-state index contributed by atoms with van der Waals surface area (Å²) >= 11 is 7.03. The maximum Gasteiger partial charge on any atom is 0.250 e. The Morgan fingerprint density at radius 3 is 2.90 bits per heavy atom. The third-order valence-corrected chi connectivity index (χ3v) is 6.93. The van der Waals surface area contributed by atoms with Crippen LogP contribution in [-0.2, 0) is 23.0 Å². The summed E-state index contributed by atoms with van der Waals surface area (Å²) in [6.45, 7) is 4.14. The Kier molecular flexibility index (Phi) is 3.81. The summed E-state index contributed by atoms with van der Waals surface area (Å²) in [5.74, 6) is 1.63. The molecule has 0 saturated carbocycles. The first kappa shape index (κ1) is 15.0. The molecule has 114 valence electrons. The zero-order valence-corrected chi connectivity index (χ0v) is 14.0. The molecule has 2 aromatic heterocycles. The molecule has 1 N–H and O–H groups in total. The number of rotatable bonds is 3. The van der Waals surface area contributed by atoms with Gasteiger partial charge in [0.05, 0.1) is 10.9 Å². The summed E-state index contributed by atoms with van der Waals surface area (Å²) in [5.41, 5.74) is 0.778. The number of aromatic nitrogens is 3. The molecule has 21 heavy (non-hydrogen) atoms. The van der Waals surface area contributed by atoms with E-state index in [1.807, 2.05) is 6.92 Å². The molecule has 0 unspecified atom stereocenters. The zero-order chi connectivity index (χ0) is 15.2. The van der Waals surface area contributed by atoms with Crippen LogP contribution in [0.15, 0.2) is 10.3 Å². The van der Waals surface area contributed by atoms with Gasteiger partial charge >= 0.3 is 0 Å². The highest BCUT2D eigenvalue weighted by molar-refractivity contribution is 7.91. The molecule has 0 bridgehead atoms. The lowest BCUT2D eigenvalue weighted by Crippen LogP contribution is -2.41. The van der Waals surface area contributed by atoms with Crippen molar-refractivity contribution in [2.45, 2.75) is 43.5 Å². The molecule has 3 heterocycles. The van der Waals surface area contributed by atoms with Gasteiger partial charge in [-0.15, -0.1) is 11.3 Å². The lowest BCUT2D eigenvalue weighted by Gasteiger charge is -2.23. The van der Waals surface area contributed by atoms with Crippen LogP contribution in [0.3, 0.4) is 0 Å². The maximum atomic E-state index is 12.4. The minimum atomic E-state index is -3.53. The van der Waals surface area contributed by atoms with Crippen LogP contribution in [0.2, 0.25) is 4.34 Å². The molecule has 9 heteroatoms. The lowest BCUT2D eigenvalue weighted by atomic mass is 10.1. The van der Waals surface area contributed by atoms with Crippen LogP contribution in [0, 0.1) is 13.8 Å². The van der Waals surface area contributed by atoms with Crippen LogP contribution in [0.25, 0.3) is 0 Å². The molecule has 1 atom stereocenters. The summed E-state index contributed by atoms with van der Waals surface area (Å²) in [4.78, 5) is 4.31. The van der Waals surface area contributed by atoms with E-state index in [1.54, 1.807) is 17.7 Å². The van der Waals surface area contributed by atoms with Gasteiger partial charge in [-0.2, -0.15) is 5.10 Å². The van der Waals surface area contributed by atoms with Crippen molar-refractivity contribution in [1.29, 1.82) is 0 Å². The Morgan fingerprint density at radius 2 is 2.24 bits per heavy atom. The fraction of sp³-hybridized carbons (Fsp3) is 0.500. The van der Waals surface area contributed by atoms with Crippen LogP contribution in [0.1, 0.15) is 23.6 Å². The fourth-order valence-corrected chi connectivity index (χ4v) is 5.36.